The molecule has 2 aromatic heterocycles. The van der Waals surface area contributed by atoms with E-state index in [1.54, 1.807) is 54.9 Å². The van der Waals surface area contributed by atoms with Crippen molar-refractivity contribution in [2.24, 2.45) is 5.73 Å². The standard InChI is InChI=1S/C22H26FN3O3S.2ClH/c1-22(2,27)21-18(13-15-6-8-17(9-7-15)30(3,28)29)20-19(5-4-12-25-20)26(21)14-16(23)10-11-24;;/h4-10,12,27H,11,13-14,24H2,1-3H3;2*1H. The molecule has 0 saturated carbocycles. The number of nitrogens with zero attached hydrogens (tertiary/aromatic N) is 2. The topological polar surface area (TPSA) is 98.2 Å². The fourth-order valence-electron chi connectivity index (χ4n) is 3.68. The molecule has 10 heteroatoms. The number of fused-ring (bicyclic) bond motifs is 1. The second kappa shape index (κ2) is 10.8. The second-order valence-electron chi connectivity index (χ2n) is 7.82. The summed E-state index contributed by atoms with van der Waals surface area (Å²) in [6.07, 6.45) is 4.53. The normalized spacial score (nSPS) is 12.4. The van der Waals surface area contributed by atoms with Gasteiger partial charge in [-0.2, -0.15) is 0 Å². The van der Waals surface area contributed by atoms with Crippen LogP contribution >= 0.6 is 24.8 Å². The highest BCUT2D eigenvalue weighted by Crippen LogP contribution is 2.34. The Morgan fingerprint density at radius 1 is 1.22 bits per heavy atom. The summed E-state index contributed by atoms with van der Waals surface area (Å²) >= 11 is 0. The quantitative estimate of drug-likeness (QED) is 0.509. The summed E-state index contributed by atoms with van der Waals surface area (Å²) in [5, 5.41) is 10.9. The number of halogens is 3. The van der Waals surface area contributed by atoms with Crippen LogP contribution in [0.1, 0.15) is 30.7 Å². The summed E-state index contributed by atoms with van der Waals surface area (Å²) < 4.78 is 39.6. The molecule has 0 aliphatic rings. The maximum atomic E-state index is 14.4. The third-order valence-electron chi connectivity index (χ3n) is 4.88. The number of hydrogen-bond acceptors (Lipinski definition) is 5. The molecular weight excluding hydrogens is 476 g/mol. The zero-order valence-electron chi connectivity index (χ0n) is 18.1. The molecule has 0 spiro atoms. The highest BCUT2D eigenvalue weighted by atomic mass is 35.5. The van der Waals surface area contributed by atoms with Crippen LogP contribution in [-0.4, -0.2) is 35.9 Å². The lowest BCUT2D eigenvalue weighted by molar-refractivity contribution is 0.0694. The number of aromatic nitrogens is 2. The van der Waals surface area contributed by atoms with Crippen LogP contribution in [0.25, 0.3) is 11.0 Å². The summed E-state index contributed by atoms with van der Waals surface area (Å²) in [5.41, 5.74) is 7.74. The Balaban J connectivity index is 0.00000256. The highest BCUT2D eigenvalue weighted by Gasteiger charge is 2.29. The third kappa shape index (κ3) is 6.08. The summed E-state index contributed by atoms with van der Waals surface area (Å²) in [6.45, 7) is 3.32. The molecular formula is C22H28Cl2FN3O3S. The fourth-order valence-corrected chi connectivity index (χ4v) is 4.31. The Hall–Kier alpha value is -1.97. The van der Waals surface area contributed by atoms with Crippen molar-refractivity contribution in [3.8, 4) is 0 Å². The van der Waals surface area contributed by atoms with Gasteiger partial charge in [0.25, 0.3) is 0 Å². The van der Waals surface area contributed by atoms with Gasteiger partial charge in [-0.15, -0.1) is 24.8 Å². The zero-order valence-corrected chi connectivity index (χ0v) is 20.5. The number of rotatable bonds is 7. The number of sulfone groups is 1. The van der Waals surface area contributed by atoms with Crippen molar-refractivity contribution in [1.82, 2.24) is 9.55 Å². The van der Waals surface area contributed by atoms with E-state index in [0.717, 1.165) is 17.4 Å². The van der Waals surface area contributed by atoms with E-state index in [1.165, 1.54) is 6.08 Å². The van der Waals surface area contributed by atoms with E-state index in [-0.39, 0.29) is 42.8 Å². The molecule has 0 fully saturated rings. The van der Waals surface area contributed by atoms with Gasteiger partial charge in [0.1, 0.15) is 5.83 Å². The lowest BCUT2D eigenvalue weighted by Gasteiger charge is -2.23. The average molecular weight is 504 g/mol. The molecule has 0 radical (unpaired) electrons. The fraction of sp³-hybridized carbons (Fsp3) is 0.318. The molecule has 2 heterocycles. The van der Waals surface area contributed by atoms with Crippen LogP contribution in [-0.2, 0) is 28.4 Å². The van der Waals surface area contributed by atoms with Crippen LogP contribution in [0, 0.1) is 0 Å². The Kier molecular flexibility index (Phi) is 9.44. The molecule has 0 aliphatic carbocycles. The van der Waals surface area contributed by atoms with Crippen molar-refractivity contribution in [1.29, 1.82) is 0 Å². The first-order chi connectivity index (χ1) is 14.0. The van der Waals surface area contributed by atoms with E-state index < -0.39 is 21.3 Å². The minimum absolute atomic E-state index is 0. The molecule has 0 saturated heterocycles. The lowest BCUT2D eigenvalue weighted by Crippen LogP contribution is -2.23. The predicted octanol–water partition coefficient (Wildman–Crippen LogP) is 3.91. The van der Waals surface area contributed by atoms with Crippen molar-refractivity contribution in [3.05, 3.63) is 71.3 Å². The number of nitrogens with two attached hydrogens (primary N) is 1. The van der Waals surface area contributed by atoms with Crippen LogP contribution in [0.15, 0.2) is 59.4 Å². The highest BCUT2D eigenvalue weighted by molar-refractivity contribution is 7.90. The van der Waals surface area contributed by atoms with Crippen molar-refractivity contribution in [2.75, 3.05) is 12.8 Å². The first-order valence-electron chi connectivity index (χ1n) is 9.55. The molecule has 0 bridgehead atoms. The molecule has 176 valence electrons. The SMILES string of the molecule is CC(C)(O)c1c(Cc2ccc(S(C)(=O)=O)cc2)c2ncccc2n1CC(F)=CCN.Cl.Cl. The van der Waals surface area contributed by atoms with E-state index in [0.29, 0.717) is 23.1 Å². The maximum Gasteiger partial charge on any atom is 0.175 e. The van der Waals surface area contributed by atoms with Crippen molar-refractivity contribution >= 4 is 45.7 Å². The van der Waals surface area contributed by atoms with E-state index in [1.807, 2.05) is 6.07 Å². The smallest absolute Gasteiger partial charge is 0.175 e. The number of hydrogen-bond donors (Lipinski definition) is 2. The molecule has 1 aromatic carbocycles. The van der Waals surface area contributed by atoms with Gasteiger partial charge in [0.2, 0.25) is 0 Å². The second-order valence-corrected chi connectivity index (χ2v) is 9.84. The largest absolute Gasteiger partial charge is 0.384 e. The van der Waals surface area contributed by atoms with E-state index in [4.69, 9.17) is 5.73 Å². The molecule has 6 nitrogen and oxygen atoms in total. The van der Waals surface area contributed by atoms with Crippen molar-refractivity contribution in [3.63, 3.8) is 0 Å². The van der Waals surface area contributed by atoms with Gasteiger partial charge < -0.3 is 15.4 Å². The summed E-state index contributed by atoms with van der Waals surface area (Å²) in [6, 6.07) is 10.2. The first kappa shape index (κ1) is 28.1. The van der Waals surface area contributed by atoms with E-state index in [9.17, 15) is 17.9 Å². The van der Waals surface area contributed by atoms with Crippen LogP contribution < -0.4 is 5.73 Å². The first-order valence-corrected chi connectivity index (χ1v) is 11.4. The van der Waals surface area contributed by atoms with E-state index in [2.05, 4.69) is 4.98 Å². The Morgan fingerprint density at radius 2 is 1.84 bits per heavy atom. The Labute approximate surface area is 200 Å². The number of pyridine rings is 1. The molecule has 32 heavy (non-hydrogen) atoms. The molecule has 0 aliphatic heterocycles. The van der Waals surface area contributed by atoms with Gasteiger partial charge in [-0.3, -0.25) is 4.98 Å². The minimum Gasteiger partial charge on any atom is -0.384 e. The van der Waals surface area contributed by atoms with Gasteiger partial charge in [-0.25, -0.2) is 12.8 Å². The molecule has 0 unspecified atom stereocenters. The van der Waals surface area contributed by atoms with Gasteiger partial charge in [0, 0.05) is 31.0 Å². The van der Waals surface area contributed by atoms with Gasteiger partial charge in [0.15, 0.2) is 9.84 Å². The molecule has 3 aromatic rings. The lowest BCUT2D eigenvalue weighted by atomic mass is 9.96. The number of aliphatic hydroxyl groups is 1. The minimum atomic E-state index is -3.29. The predicted molar refractivity (Wildman–Crippen MR) is 130 cm³/mol. The Bertz CT molecular complexity index is 1200. The van der Waals surface area contributed by atoms with Crippen LogP contribution in [0.2, 0.25) is 0 Å². The number of benzene rings is 1. The summed E-state index contributed by atoms with van der Waals surface area (Å²) in [4.78, 5) is 4.73. The zero-order chi connectivity index (χ0) is 22.1. The maximum absolute atomic E-state index is 14.4. The van der Waals surface area contributed by atoms with Gasteiger partial charge in [0.05, 0.1) is 33.8 Å². The van der Waals surface area contributed by atoms with Gasteiger partial charge in [-0.1, -0.05) is 12.1 Å². The summed E-state index contributed by atoms with van der Waals surface area (Å²) in [5.74, 6) is -0.396. The van der Waals surface area contributed by atoms with Crippen LogP contribution in [0.3, 0.4) is 0 Å². The molecule has 3 N–H and O–H groups in total. The average Bonchev–Trinajstić information content (AvgIpc) is 2.95. The third-order valence-corrected chi connectivity index (χ3v) is 6.01. The monoisotopic (exact) mass is 503 g/mol. The van der Waals surface area contributed by atoms with E-state index >= 15 is 0 Å². The molecule has 0 atom stereocenters. The Morgan fingerprint density at radius 3 is 2.38 bits per heavy atom. The number of allylic oxidation sites excluding steroid dienone is 1. The van der Waals surface area contributed by atoms with Gasteiger partial charge in [-0.05, 0) is 49.8 Å². The summed E-state index contributed by atoms with van der Waals surface area (Å²) in [7, 11) is -3.29. The van der Waals surface area contributed by atoms with Crippen molar-refractivity contribution in [2.45, 2.75) is 37.3 Å². The molecule has 3 rings (SSSR count). The van der Waals surface area contributed by atoms with Crippen molar-refractivity contribution < 1.29 is 17.9 Å². The van der Waals surface area contributed by atoms with Gasteiger partial charge >= 0.3 is 0 Å². The molecule has 0 amide bonds. The van der Waals surface area contributed by atoms with Crippen LogP contribution in [0.4, 0.5) is 4.39 Å². The van der Waals surface area contributed by atoms with Crippen LogP contribution in [0.5, 0.6) is 0 Å².